The SMILES string of the molecule is CCC[CH2][Sn]([CH2]CCC)([CH2]CCC)[c]1ccc(O[C@@H](C)COC(C)=O)cc1. The summed E-state index contributed by atoms with van der Waals surface area (Å²) in [6, 6.07) is 8.97. The van der Waals surface area contributed by atoms with Gasteiger partial charge in [0.25, 0.3) is 0 Å². The molecule has 0 aromatic heterocycles. The van der Waals surface area contributed by atoms with Crippen LogP contribution in [0.1, 0.15) is 73.1 Å². The Morgan fingerprint density at radius 3 is 1.81 bits per heavy atom. The summed E-state index contributed by atoms with van der Waals surface area (Å²) in [5.41, 5.74) is 0. The van der Waals surface area contributed by atoms with Crippen LogP contribution in [-0.4, -0.2) is 37.1 Å². The van der Waals surface area contributed by atoms with Crippen LogP contribution in [0.15, 0.2) is 24.3 Å². The summed E-state index contributed by atoms with van der Waals surface area (Å²) < 4.78 is 17.1. The number of rotatable bonds is 14. The van der Waals surface area contributed by atoms with E-state index in [9.17, 15) is 4.79 Å². The van der Waals surface area contributed by atoms with E-state index in [4.69, 9.17) is 9.47 Å². The van der Waals surface area contributed by atoms with Gasteiger partial charge in [0, 0.05) is 0 Å². The van der Waals surface area contributed by atoms with E-state index >= 15 is 0 Å². The topological polar surface area (TPSA) is 35.5 Å². The van der Waals surface area contributed by atoms with Crippen molar-refractivity contribution >= 4 is 27.9 Å². The Labute approximate surface area is 171 Å². The molecule has 0 amide bonds. The van der Waals surface area contributed by atoms with Crippen molar-refractivity contribution in [1.82, 2.24) is 0 Å². The molecule has 0 saturated carbocycles. The average molecular weight is 483 g/mol. The van der Waals surface area contributed by atoms with Gasteiger partial charge < -0.3 is 0 Å². The third-order valence-electron chi connectivity index (χ3n) is 5.35. The molecular formula is C23H40O3Sn. The van der Waals surface area contributed by atoms with Crippen molar-refractivity contribution in [2.75, 3.05) is 6.61 Å². The Hall–Kier alpha value is -0.711. The summed E-state index contributed by atoms with van der Waals surface area (Å²) in [4.78, 5) is 10.9. The van der Waals surface area contributed by atoms with Crippen LogP contribution in [0, 0.1) is 0 Å². The van der Waals surface area contributed by atoms with E-state index in [2.05, 4.69) is 45.0 Å². The first-order valence-electron chi connectivity index (χ1n) is 10.9. The number of esters is 1. The summed E-state index contributed by atoms with van der Waals surface area (Å²) in [5.74, 6) is 0.613. The quantitative estimate of drug-likeness (QED) is 0.238. The fraction of sp³-hybridized carbons (Fsp3) is 0.696. The molecule has 1 rings (SSSR count). The van der Waals surface area contributed by atoms with Gasteiger partial charge in [-0.15, -0.1) is 0 Å². The molecule has 0 aliphatic rings. The first kappa shape index (κ1) is 24.3. The van der Waals surface area contributed by atoms with Crippen LogP contribution in [0.2, 0.25) is 13.3 Å². The van der Waals surface area contributed by atoms with E-state index in [0.29, 0.717) is 6.61 Å². The Morgan fingerprint density at radius 1 is 0.926 bits per heavy atom. The molecule has 4 heteroatoms. The van der Waals surface area contributed by atoms with Crippen molar-refractivity contribution in [3.8, 4) is 5.75 Å². The molecule has 1 aromatic carbocycles. The predicted octanol–water partition coefficient (Wildman–Crippen LogP) is 6.07. The van der Waals surface area contributed by atoms with Gasteiger partial charge >= 0.3 is 171 Å². The van der Waals surface area contributed by atoms with E-state index in [1.54, 1.807) is 3.58 Å². The van der Waals surface area contributed by atoms with Gasteiger partial charge in [-0.3, -0.25) is 0 Å². The zero-order valence-electron chi connectivity index (χ0n) is 18.2. The molecule has 0 aliphatic carbocycles. The van der Waals surface area contributed by atoms with Crippen LogP contribution in [-0.2, 0) is 9.53 Å². The van der Waals surface area contributed by atoms with Gasteiger partial charge in [-0.25, -0.2) is 0 Å². The second-order valence-electron chi connectivity index (χ2n) is 7.85. The molecule has 3 nitrogen and oxygen atoms in total. The number of hydrogen-bond acceptors (Lipinski definition) is 3. The Bertz CT molecular complexity index is 505. The van der Waals surface area contributed by atoms with Crippen molar-refractivity contribution in [3.05, 3.63) is 24.3 Å². The van der Waals surface area contributed by atoms with Crippen molar-refractivity contribution in [2.24, 2.45) is 0 Å². The number of ether oxygens (including phenoxy) is 2. The van der Waals surface area contributed by atoms with E-state index in [-0.39, 0.29) is 12.1 Å². The van der Waals surface area contributed by atoms with Gasteiger partial charge in [0.2, 0.25) is 0 Å². The number of unbranched alkanes of at least 4 members (excludes halogenated alkanes) is 3. The van der Waals surface area contributed by atoms with Crippen LogP contribution >= 0.6 is 0 Å². The molecule has 154 valence electrons. The standard InChI is InChI=1S/C11H13O3.3C4H9.Sn/c1-9(8-13-10(2)12)14-11-6-4-3-5-7-11;3*1-3-4-2;/h4-7,9H,8H2,1-2H3;3*1,3-4H2,2H3;/t9-;;;;/m0..../s1. The first-order chi connectivity index (χ1) is 13.0. The minimum absolute atomic E-state index is 0.131. The predicted molar refractivity (Wildman–Crippen MR) is 118 cm³/mol. The molecule has 0 unspecified atom stereocenters. The maximum absolute atomic E-state index is 10.9. The van der Waals surface area contributed by atoms with Crippen molar-refractivity contribution in [2.45, 2.75) is 92.6 Å². The molecule has 0 bridgehead atoms. The number of carbonyl (C=O) groups is 1. The van der Waals surface area contributed by atoms with E-state index in [1.807, 2.05) is 6.92 Å². The van der Waals surface area contributed by atoms with Crippen molar-refractivity contribution in [1.29, 1.82) is 0 Å². The molecule has 1 atom stereocenters. The summed E-state index contributed by atoms with van der Waals surface area (Å²) in [6.45, 7) is 10.6. The third-order valence-corrected chi connectivity index (χ3v) is 21.0. The van der Waals surface area contributed by atoms with Crippen molar-refractivity contribution in [3.63, 3.8) is 0 Å². The normalized spacial score (nSPS) is 12.6. The molecule has 27 heavy (non-hydrogen) atoms. The Morgan fingerprint density at radius 2 is 1.41 bits per heavy atom. The fourth-order valence-corrected chi connectivity index (χ4v) is 19.7. The summed E-state index contributed by atoms with van der Waals surface area (Å²) in [6.07, 6.45) is 7.89. The molecule has 0 spiro atoms. The van der Waals surface area contributed by atoms with Gasteiger partial charge in [-0.1, -0.05) is 0 Å². The number of carbonyl (C=O) groups excluding carboxylic acids is 1. The average Bonchev–Trinajstić information content (AvgIpc) is 2.67. The minimum atomic E-state index is -2.35. The molecule has 0 fully saturated rings. The van der Waals surface area contributed by atoms with E-state index in [1.165, 1.54) is 58.8 Å². The molecular weight excluding hydrogens is 443 g/mol. The second-order valence-corrected chi connectivity index (χ2v) is 21.1. The summed E-state index contributed by atoms with van der Waals surface area (Å²) in [5, 5.41) is 0. The first-order valence-corrected chi connectivity index (χ1v) is 18.4. The second kappa shape index (κ2) is 13.5. The van der Waals surface area contributed by atoms with Crippen LogP contribution in [0.25, 0.3) is 0 Å². The van der Waals surface area contributed by atoms with Crippen LogP contribution in [0.5, 0.6) is 5.75 Å². The summed E-state index contributed by atoms with van der Waals surface area (Å²) in [7, 11) is 0. The molecule has 0 saturated heterocycles. The van der Waals surface area contributed by atoms with Crippen LogP contribution in [0.3, 0.4) is 0 Å². The van der Waals surface area contributed by atoms with Crippen LogP contribution < -0.4 is 8.32 Å². The van der Waals surface area contributed by atoms with Crippen molar-refractivity contribution < 1.29 is 14.3 Å². The zero-order valence-corrected chi connectivity index (χ0v) is 21.0. The molecule has 0 heterocycles. The molecule has 0 N–H and O–H groups in total. The third kappa shape index (κ3) is 8.89. The van der Waals surface area contributed by atoms with Crippen LogP contribution in [0.4, 0.5) is 0 Å². The van der Waals surface area contributed by atoms with Gasteiger partial charge in [0.1, 0.15) is 0 Å². The maximum atomic E-state index is 10.9. The summed E-state index contributed by atoms with van der Waals surface area (Å²) >= 11 is -2.35. The van der Waals surface area contributed by atoms with Gasteiger partial charge in [-0.2, -0.15) is 0 Å². The number of hydrogen-bond donors (Lipinski definition) is 0. The van der Waals surface area contributed by atoms with Gasteiger partial charge in [-0.05, 0) is 0 Å². The number of benzene rings is 1. The molecule has 0 radical (unpaired) electrons. The molecule has 1 aromatic rings. The molecule has 0 aliphatic heterocycles. The zero-order chi connectivity index (χ0) is 20.1. The Balaban J connectivity index is 2.92. The van der Waals surface area contributed by atoms with Gasteiger partial charge in [0.15, 0.2) is 0 Å². The monoisotopic (exact) mass is 484 g/mol. The van der Waals surface area contributed by atoms with Gasteiger partial charge in [0.05, 0.1) is 0 Å². The fourth-order valence-electron chi connectivity index (χ4n) is 3.74. The van der Waals surface area contributed by atoms with E-state index in [0.717, 1.165) is 5.75 Å². The van der Waals surface area contributed by atoms with E-state index < -0.39 is 18.4 Å². The Kier molecular flexibility index (Phi) is 12.1.